The monoisotopic (exact) mass is 327 g/mol. The van der Waals surface area contributed by atoms with Crippen LogP contribution in [0.25, 0.3) is 0 Å². The van der Waals surface area contributed by atoms with Crippen molar-refractivity contribution in [3.63, 3.8) is 0 Å². The fourth-order valence-corrected chi connectivity index (χ4v) is 2.57. The maximum absolute atomic E-state index is 6.07. The Morgan fingerprint density at radius 1 is 1.09 bits per heavy atom. The van der Waals surface area contributed by atoms with Crippen molar-refractivity contribution in [1.29, 1.82) is 0 Å². The summed E-state index contributed by atoms with van der Waals surface area (Å²) in [5, 5.41) is 8.92. The first-order chi connectivity index (χ1) is 11.2. The van der Waals surface area contributed by atoms with E-state index < -0.39 is 0 Å². The van der Waals surface area contributed by atoms with Gasteiger partial charge in [-0.1, -0.05) is 66.2 Å². The highest BCUT2D eigenvalue weighted by Crippen LogP contribution is 2.24. The summed E-state index contributed by atoms with van der Waals surface area (Å²) in [5.41, 5.74) is 2.07. The number of benzene rings is 2. The van der Waals surface area contributed by atoms with E-state index in [2.05, 4.69) is 41.5 Å². The Morgan fingerprint density at radius 2 is 1.83 bits per heavy atom. The molecular formula is C18H18ClN3O. The lowest BCUT2D eigenvalue weighted by Gasteiger charge is -2.10. The van der Waals surface area contributed by atoms with Crippen LogP contribution in [0.1, 0.15) is 24.1 Å². The molecule has 1 aromatic heterocycles. The molecule has 4 nitrogen and oxygen atoms in total. The average molecular weight is 328 g/mol. The Labute approximate surface area is 140 Å². The summed E-state index contributed by atoms with van der Waals surface area (Å²) in [6, 6.07) is 17.8. The zero-order chi connectivity index (χ0) is 16.1. The van der Waals surface area contributed by atoms with Gasteiger partial charge in [-0.2, -0.15) is 0 Å². The van der Waals surface area contributed by atoms with E-state index in [1.54, 1.807) is 6.07 Å². The van der Waals surface area contributed by atoms with Crippen LogP contribution in [0.4, 0.5) is 0 Å². The predicted molar refractivity (Wildman–Crippen MR) is 90.7 cm³/mol. The number of hydrogen-bond donors (Lipinski definition) is 0. The molecule has 0 saturated carbocycles. The average Bonchev–Trinajstić information content (AvgIpc) is 3.02. The fraction of sp³-hybridized carbons (Fsp3) is 0.222. The van der Waals surface area contributed by atoms with Gasteiger partial charge in [-0.05, 0) is 17.7 Å². The van der Waals surface area contributed by atoms with Gasteiger partial charge in [-0.3, -0.25) is 4.68 Å². The summed E-state index contributed by atoms with van der Waals surface area (Å²) < 4.78 is 7.53. The molecule has 0 aliphatic heterocycles. The van der Waals surface area contributed by atoms with Gasteiger partial charge in [-0.25, -0.2) is 0 Å². The molecule has 1 atom stereocenters. The van der Waals surface area contributed by atoms with Gasteiger partial charge in [0.15, 0.2) is 0 Å². The highest BCUT2D eigenvalue weighted by Gasteiger charge is 2.09. The Kier molecular flexibility index (Phi) is 4.93. The summed E-state index contributed by atoms with van der Waals surface area (Å²) in [6.07, 6.45) is 1.91. The Hall–Kier alpha value is -2.33. The lowest BCUT2D eigenvalue weighted by atomic mass is 10.0. The van der Waals surface area contributed by atoms with E-state index in [1.807, 2.05) is 35.1 Å². The van der Waals surface area contributed by atoms with Crippen LogP contribution < -0.4 is 4.74 Å². The molecule has 3 rings (SSSR count). The number of nitrogens with zero attached hydrogens (tertiary/aromatic N) is 3. The maximum atomic E-state index is 6.07. The van der Waals surface area contributed by atoms with E-state index in [4.69, 9.17) is 16.3 Å². The summed E-state index contributed by atoms with van der Waals surface area (Å²) >= 11 is 6.07. The molecule has 23 heavy (non-hydrogen) atoms. The number of ether oxygens (including phenoxy) is 1. The molecule has 5 heteroatoms. The van der Waals surface area contributed by atoms with Crippen molar-refractivity contribution in [2.75, 3.05) is 0 Å². The highest BCUT2D eigenvalue weighted by atomic mass is 35.5. The summed E-state index contributed by atoms with van der Waals surface area (Å²) in [7, 11) is 0. The van der Waals surface area contributed by atoms with Gasteiger partial charge in [0.25, 0.3) is 0 Å². The van der Waals surface area contributed by atoms with Crippen LogP contribution in [-0.4, -0.2) is 15.0 Å². The van der Waals surface area contributed by atoms with Crippen molar-refractivity contribution >= 4 is 11.6 Å². The van der Waals surface area contributed by atoms with Crippen LogP contribution in [-0.2, 0) is 13.2 Å². The number of para-hydroxylation sites is 1. The Morgan fingerprint density at radius 3 is 2.61 bits per heavy atom. The maximum Gasteiger partial charge on any atom is 0.138 e. The van der Waals surface area contributed by atoms with E-state index in [1.165, 1.54) is 5.56 Å². The first-order valence-corrected chi connectivity index (χ1v) is 7.91. The van der Waals surface area contributed by atoms with Crippen molar-refractivity contribution < 1.29 is 4.74 Å². The molecule has 0 aliphatic rings. The molecule has 0 fully saturated rings. The predicted octanol–water partition coefficient (Wildman–Crippen LogP) is 4.31. The van der Waals surface area contributed by atoms with Gasteiger partial charge in [0.2, 0.25) is 0 Å². The second kappa shape index (κ2) is 7.29. The molecule has 1 heterocycles. The van der Waals surface area contributed by atoms with Crippen molar-refractivity contribution in [2.24, 2.45) is 0 Å². The Balaban J connectivity index is 1.59. The van der Waals surface area contributed by atoms with Crippen molar-refractivity contribution in [1.82, 2.24) is 15.0 Å². The summed E-state index contributed by atoms with van der Waals surface area (Å²) in [5.74, 6) is 1.02. The van der Waals surface area contributed by atoms with Gasteiger partial charge in [-0.15, -0.1) is 5.10 Å². The lowest BCUT2D eigenvalue weighted by Crippen LogP contribution is -2.06. The molecule has 1 unspecified atom stereocenters. The number of aromatic nitrogens is 3. The molecule has 2 aromatic carbocycles. The molecule has 0 spiro atoms. The van der Waals surface area contributed by atoms with Crippen LogP contribution >= 0.6 is 11.6 Å². The normalized spacial score (nSPS) is 12.1. The van der Waals surface area contributed by atoms with E-state index >= 15 is 0 Å². The zero-order valence-corrected chi connectivity index (χ0v) is 13.6. The number of rotatable bonds is 6. The molecule has 0 radical (unpaired) electrons. The van der Waals surface area contributed by atoms with Crippen LogP contribution in [0, 0.1) is 0 Å². The molecule has 0 saturated heterocycles. The third-order valence-corrected chi connectivity index (χ3v) is 3.94. The third-order valence-electron chi connectivity index (χ3n) is 3.63. The molecule has 0 amide bonds. The second-order valence-electron chi connectivity index (χ2n) is 5.46. The SMILES string of the molecule is CC(Cn1cc(COc2ccccc2Cl)nn1)c1ccccc1. The van der Waals surface area contributed by atoms with Crippen LogP contribution in [0.15, 0.2) is 60.8 Å². The second-order valence-corrected chi connectivity index (χ2v) is 5.87. The van der Waals surface area contributed by atoms with E-state index in [0.29, 0.717) is 23.3 Å². The van der Waals surface area contributed by atoms with Gasteiger partial charge < -0.3 is 4.74 Å². The van der Waals surface area contributed by atoms with Gasteiger partial charge in [0.05, 0.1) is 11.2 Å². The van der Waals surface area contributed by atoms with E-state index in [9.17, 15) is 0 Å². The first kappa shape index (κ1) is 15.6. The smallest absolute Gasteiger partial charge is 0.138 e. The summed E-state index contributed by atoms with van der Waals surface area (Å²) in [4.78, 5) is 0. The standard InChI is InChI=1S/C18H18ClN3O/c1-14(15-7-3-2-4-8-15)11-22-12-16(20-21-22)13-23-18-10-6-5-9-17(18)19/h2-10,12,14H,11,13H2,1H3. The van der Waals surface area contributed by atoms with Gasteiger partial charge >= 0.3 is 0 Å². The minimum atomic E-state index is 0.351. The van der Waals surface area contributed by atoms with Crippen LogP contribution in [0.5, 0.6) is 5.75 Å². The fourth-order valence-electron chi connectivity index (χ4n) is 2.37. The van der Waals surface area contributed by atoms with Crippen molar-refractivity contribution in [2.45, 2.75) is 26.0 Å². The molecule has 118 valence electrons. The van der Waals surface area contributed by atoms with Crippen LogP contribution in [0.2, 0.25) is 5.02 Å². The number of hydrogen-bond acceptors (Lipinski definition) is 3. The molecular weight excluding hydrogens is 310 g/mol. The molecule has 0 aliphatic carbocycles. The topological polar surface area (TPSA) is 39.9 Å². The first-order valence-electron chi connectivity index (χ1n) is 7.53. The minimum absolute atomic E-state index is 0.351. The molecule has 0 N–H and O–H groups in total. The highest BCUT2D eigenvalue weighted by molar-refractivity contribution is 6.32. The zero-order valence-electron chi connectivity index (χ0n) is 12.9. The third kappa shape index (κ3) is 4.11. The quantitative estimate of drug-likeness (QED) is 0.677. The largest absolute Gasteiger partial charge is 0.486 e. The molecule has 0 bridgehead atoms. The van der Waals surface area contributed by atoms with Gasteiger partial charge in [0, 0.05) is 12.5 Å². The van der Waals surface area contributed by atoms with E-state index in [-0.39, 0.29) is 0 Å². The minimum Gasteiger partial charge on any atom is -0.486 e. The molecule has 3 aromatic rings. The lowest BCUT2D eigenvalue weighted by molar-refractivity contribution is 0.301. The van der Waals surface area contributed by atoms with Crippen molar-refractivity contribution in [3.8, 4) is 5.75 Å². The number of halogens is 1. The van der Waals surface area contributed by atoms with Gasteiger partial charge in [0.1, 0.15) is 18.1 Å². The van der Waals surface area contributed by atoms with Crippen LogP contribution in [0.3, 0.4) is 0 Å². The summed E-state index contributed by atoms with van der Waals surface area (Å²) in [6.45, 7) is 3.31. The van der Waals surface area contributed by atoms with Crippen molar-refractivity contribution in [3.05, 3.63) is 77.1 Å². The van der Waals surface area contributed by atoms with E-state index in [0.717, 1.165) is 12.2 Å². The Bertz CT molecular complexity index is 758.